The molecule has 0 aliphatic rings. The average molecular weight is 321 g/mol. The van der Waals surface area contributed by atoms with Gasteiger partial charge in [-0.25, -0.2) is 0 Å². The van der Waals surface area contributed by atoms with E-state index in [1.54, 1.807) is 6.07 Å². The number of alkyl halides is 3. The Bertz CT molecular complexity index is 437. The van der Waals surface area contributed by atoms with Crippen LogP contribution in [0.3, 0.4) is 0 Å². The zero-order valence-corrected chi connectivity index (χ0v) is 13.2. The van der Waals surface area contributed by atoms with Crippen LogP contribution in [-0.2, 0) is 12.7 Å². The summed E-state index contributed by atoms with van der Waals surface area (Å²) < 4.78 is 39.4. The highest BCUT2D eigenvalue weighted by Crippen LogP contribution is 2.37. The Kier molecular flexibility index (Phi) is 7.56. The first-order valence-corrected chi connectivity index (χ1v) is 8.01. The number of benzene rings is 1. The van der Waals surface area contributed by atoms with E-state index < -0.39 is 11.7 Å². The number of halogens is 3. The monoisotopic (exact) mass is 321 g/mol. The molecule has 0 aliphatic heterocycles. The van der Waals surface area contributed by atoms with Crippen molar-refractivity contribution in [3.05, 3.63) is 29.3 Å². The van der Waals surface area contributed by atoms with Gasteiger partial charge in [0.2, 0.25) is 0 Å². The number of rotatable bonds is 8. The van der Waals surface area contributed by atoms with Crippen LogP contribution < -0.4 is 5.32 Å². The lowest BCUT2D eigenvalue weighted by Gasteiger charge is -2.15. The van der Waals surface area contributed by atoms with Crippen LogP contribution in [0.1, 0.15) is 31.4 Å². The molecule has 0 aromatic heterocycles. The van der Waals surface area contributed by atoms with Gasteiger partial charge in [-0.15, -0.1) is 11.8 Å². The van der Waals surface area contributed by atoms with Gasteiger partial charge in [-0.1, -0.05) is 19.9 Å². The summed E-state index contributed by atoms with van der Waals surface area (Å²) in [4.78, 5) is 0.224. The molecular formula is C15H22F3NOS. The Morgan fingerprint density at radius 1 is 1.33 bits per heavy atom. The van der Waals surface area contributed by atoms with Gasteiger partial charge in [-0.05, 0) is 36.6 Å². The molecule has 2 nitrogen and oxygen atoms in total. The van der Waals surface area contributed by atoms with Crippen LogP contribution in [0, 0.1) is 5.92 Å². The van der Waals surface area contributed by atoms with Crippen molar-refractivity contribution in [3.8, 4) is 0 Å². The van der Waals surface area contributed by atoms with Gasteiger partial charge in [0.05, 0.1) is 5.56 Å². The minimum absolute atomic E-state index is 0.0205. The van der Waals surface area contributed by atoms with Crippen molar-refractivity contribution in [1.82, 2.24) is 5.32 Å². The third-order valence-corrected chi connectivity index (χ3v) is 4.34. The van der Waals surface area contributed by atoms with E-state index in [0.29, 0.717) is 17.9 Å². The maximum Gasteiger partial charge on any atom is 0.417 e. The van der Waals surface area contributed by atoms with Crippen molar-refractivity contribution in [3.63, 3.8) is 0 Å². The third kappa shape index (κ3) is 6.28. The molecule has 120 valence electrons. The second-order valence-corrected chi connectivity index (χ2v) is 6.17. The fourth-order valence-corrected chi connectivity index (χ4v) is 2.79. The molecule has 0 bridgehead atoms. The molecule has 0 spiro atoms. The Labute approximate surface area is 128 Å². The molecular weight excluding hydrogens is 299 g/mol. The molecule has 0 amide bonds. The zero-order valence-electron chi connectivity index (χ0n) is 12.3. The Balaban J connectivity index is 2.87. The predicted molar refractivity (Wildman–Crippen MR) is 80.4 cm³/mol. The third-order valence-electron chi connectivity index (χ3n) is 2.94. The summed E-state index contributed by atoms with van der Waals surface area (Å²) in [6, 6.07) is 4.47. The fourth-order valence-electron chi connectivity index (χ4n) is 1.73. The zero-order chi connectivity index (χ0) is 15.9. The van der Waals surface area contributed by atoms with E-state index >= 15 is 0 Å². The second-order valence-electron chi connectivity index (χ2n) is 5.10. The first-order valence-electron chi connectivity index (χ1n) is 7.03. The second kappa shape index (κ2) is 8.66. The van der Waals surface area contributed by atoms with Gasteiger partial charge in [0.25, 0.3) is 0 Å². The predicted octanol–water partition coefficient (Wildman–Crippen LogP) is 3.93. The summed E-state index contributed by atoms with van der Waals surface area (Å²) in [5.74, 6) is 0.439. The number of hydrogen-bond donors (Lipinski definition) is 2. The first kappa shape index (κ1) is 18.3. The number of thioether (sulfide) groups is 1. The van der Waals surface area contributed by atoms with Crippen molar-refractivity contribution in [1.29, 1.82) is 0 Å². The normalized spacial score (nSPS) is 13.4. The molecule has 0 saturated heterocycles. The van der Waals surface area contributed by atoms with E-state index in [4.69, 9.17) is 5.11 Å². The summed E-state index contributed by atoms with van der Waals surface area (Å²) in [7, 11) is 0. The number of aliphatic hydroxyl groups excluding tert-OH is 1. The van der Waals surface area contributed by atoms with Gasteiger partial charge < -0.3 is 10.4 Å². The average Bonchev–Trinajstić information content (AvgIpc) is 2.44. The van der Waals surface area contributed by atoms with E-state index in [-0.39, 0.29) is 17.4 Å². The quantitative estimate of drug-likeness (QED) is 0.562. The van der Waals surface area contributed by atoms with Crippen LogP contribution in [0.15, 0.2) is 23.1 Å². The maximum absolute atomic E-state index is 13.1. The molecule has 1 aromatic carbocycles. The molecule has 0 fully saturated rings. The van der Waals surface area contributed by atoms with Crippen molar-refractivity contribution >= 4 is 11.8 Å². The van der Waals surface area contributed by atoms with Gasteiger partial charge in [-0.2, -0.15) is 13.2 Å². The fraction of sp³-hybridized carbons (Fsp3) is 0.600. The van der Waals surface area contributed by atoms with Gasteiger partial charge in [0.15, 0.2) is 0 Å². The number of hydrogen-bond acceptors (Lipinski definition) is 3. The minimum atomic E-state index is -4.36. The van der Waals surface area contributed by atoms with E-state index in [2.05, 4.69) is 5.32 Å². The molecule has 1 atom stereocenters. The van der Waals surface area contributed by atoms with Gasteiger partial charge in [0.1, 0.15) is 0 Å². The number of nitrogens with one attached hydrogen (secondary N) is 1. The summed E-state index contributed by atoms with van der Waals surface area (Å²) in [6.07, 6.45) is -3.41. The van der Waals surface area contributed by atoms with Crippen LogP contribution in [-0.4, -0.2) is 24.0 Å². The van der Waals surface area contributed by atoms with Crippen LogP contribution in [0.4, 0.5) is 13.2 Å². The molecule has 0 saturated carbocycles. The van der Waals surface area contributed by atoms with Gasteiger partial charge >= 0.3 is 6.18 Å². The van der Waals surface area contributed by atoms with E-state index in [1.165, 1.54) is 12.1 Å². The summed E-state index contributed by atoms with van der Waals surface area (Å²) in [5.41, 5.74) is 0.0452. The molecule has 1 unspecified atom stereocenters. The van der Waals surface area contributed by atoms with E-state index in [1.807, 2.05) is 13.8 Å². The highest BCUT2D eigenvalue weighted by Gasteiger charge is 2.33. The summed E-state index contributed by atoms with van der Waals surface area (Å²) >= 11 is 1.14. The van der Waals surface area contributed by atoms with Crippen molar-refractivity contribution in [2.24, 2.45) is 5.92 Å². The largest absolute Gasteiger partial charge is 0.417 e. The molecule has 0 aliphatic carbocycles. The molecule has 6 heteroatoms. The SMILES string of the molecule is CCCNCc1ccc(SCC(C)CO)c(C(F)(F)F)c1. The standard InChI is InChI=1S/C15H22F3NOS/c1-3-6-19-8-12-4-5-14(21-10-11(2)9-20)13(7-12)15(16,17)18/h4-5,7,11,19-20H,3,6,8-10H2,1-2H3. The van der Waals surface area contributed by atoms with Crippen LogP contribution in [0.25, 0.3) is 0 Å². The van der Waals surface area contributed by atoms with Gasteiger partial charge in [-0.3, -0.25) is 0 Å². The molecule has 1 rings (SSSR count). The van der Waals surface area contributed by atoms with Crippen molar-refractivity contribution < 1.29 is 18.3 Å². The lowest BCUT2D eigenvalue weighted by atomic mass is 10.1. The first-order chi connectivity index (χ1) is 9.88. The molecule has 0 radical (unpaired) electrons. The highest BCUT2D eigenvalue weighted by atomic mass is 32.2. The lowest BCUT2D eigenvalue weighted by Crippen LogP contribution is -2.15. The van der Waals surface area contributed by atoms with Gasteiger partial charge in [0, 0.05) is 23.8 Å². The van der Waals surface area contributed by atoms with Crippen LogP contribution in [0.2, 0.25) is 0 Å². The minimum Gasteiger partial charge on any atom is -0.396 e. The van der Waals surface area contributed by atoms with Crippen molar-refractivity contribution in [2.45, 2.75) is 37.9 Å². The topological polar surface area (TPSA) is 32.3 Å². The molecule has 1 aromatic rings. The summed E-state index contributed by atoms with van der Waals surface area (Å²) in [5, 5.41) is 12.1. The number of aliphatic hydroxyl groups is 1. The molecule has 0 heterocycles. The van der Waals surface area contributed by atoms with Crippen LogP contribution in [0.5, 0.6) is 0 Å². The molecule has 2 N–H and O–H groups in total. The Hall–Kier alpha value is -0.720. The molecule has 21 heavy (non-hydrogen) atoms. The highest BCUT2D eigenvalue weighted by molar-refractivity contribution is 7.99. The smallest absolute Gasteiger partial charge is 0.396 e. The van der Waals surface area contributed by atoms with Crippen LogP contribution >= 0.6 is 11.8 Å². The lowest BCUT2D eigenvalue weighted by molar-refractivity contribution is -0.139. The summed E-state index contributed by atoms with van der Waals surface area (Å²) in [6.45, 7) is 5.02. The van der Waals surface area contributed by atoms with E-state index in [0.717, 1.165) is 24.7 Å². The Morgan fingerprint density at radius 3 is 2.62 bits per heavy atom. The van der Waals surface area contributed by atoms with E-state index in [9.17, 15) is 13.2 Å². The van der Waals surface area contributed by atoms with Crippen molar-refractivity contribution in [2.75, 3.05) is 18.9 Å². The maximum atomic E-state index is 13.1. The Morgan fingerprint density at radius 2 is 2.05 bits per heavy atom.